The van der Waals surface area contributed by atoms with Gasteiger partial charge < -0.3 is 5.32 Å². The number of fused-ring (bicyclic) bond motifs is 1. The maximum atomic E-state index is 4.46. The van der Waals surface area contributed by atoms with Crippen molar-refractivity contribution in [2.24, 2.45) is 0 Å². The molecule has 3 aromatic heterocycles. The number of nitrogens with one attached hydrogen (secondary N) is 1. The molecule has 0 spiro atoms. The second kappa shape index (κ2) is 5.20. The SMILES string of the molecule is Cc1nc(N[C@H](C)Cn2cncn2)c2cccnc2n1. The number of pyridine rings is 1. The van der Waals surface area contributed by atoms with Gasteiger partial charge in [-0.15, -0.1) is 0 Å². The Morgan fingerprint density at radius 1 is 1.35 bits per heavy atom. The van der Waals surface area contributed by atoms with Crippen molar-refractivity contribution < 1.29 is 0 Å². The summed E-state index contributed by atoms with van der Waals surface area (Å²) in [5, 5.41) is 8.40. The van der Waals surface area contributed by atoms with Gasteiger partial charge in [-0.05, 0) is 26.0 Å². The summed E-state index contributed by atoms with van der Waals surface area (Å²) < 4.78 is 1.78. The first-order valence-electron chi connectivity index (χ1n) is 6.40. The van der Waals surface area contributed by atoms with Crippen LogP contribution in [0.3, 0.4) is 0 Å². The van der Waals surface area contributed by atoms with Crippen LogP contribution in [0.25, 0.3) is 11.0 Å². The second-order valence-electron chi connectivity index (χ2n) is 4.66. The predicted molar refractivity (Wildman–Crippen MR) is 75.2 cm³/mol. The largest absolute Gasteiger partial charge is 0.365 e. The zero-order chi connectivity index (χ0) is 13.9. The van der Waals surface area contributed by atoms with Gasteiger partial charge in [0.05, 0.1) is 11.9 Å². The molecule has 0 fully saturated rings. The average Bonchev–Trinajstić information content (AvgIpc) is 2.91. The molecule has 3 rings (SSSR count). The highest BCUT2D eigenvalue weighted by molar-refractivity contribution is 5.86. The molecule has 0 aliphatic heterocycles. The molecule has 0 saturated heterocycles. The summed E-state index contributed by atoms with van der Waals surface area (Å²) in [7, 11) is 0. The molecule has 3 heterocycles. The van der Waals surface area contributed by atoms with Crippen LogP contribution < -0.4 is 5.32 Å². The molecule has 0 radical (unpaired) electrons. The maximum absolute atomic E-state index is 4.46. The van der Waals surface area contributed by atoms with E-state index in [0.717, 1.165) is 11.2 Å². The first-order valence-corrected chi connectivity index (χ1v) is 6.40. The third-order valence-corrected chi connectivity index (χ3v) is 2.89. The van der Waals surface area contributed by atoms with Gasteiger partial charge >= 0.3 is 0 Å². The molecular formula is C13H15N7. The van der Waals surface area contributed by atoms with Crippen LogP contribution in [-0.4, -0.2) is 35.8 Å². The average molecular weight is 269 g/mol. The molecule has 3 aromatic rings. The van der Waals surface area contributed by atoms with Gasteiger partial charge in [0.1, 0.15) is 24.3 Å². The van der Waals surface area contributed by atoms with Crippen molar-refractivity contribution in [1.82, 2.24) is 29.7 Å². The molecule has 0 aliphatic carbocycles. The Hall–Kier alpha value is -2.57. The lowest BCUT2D eigenvalue weighted by molar-refractivity contribution is 0.558. The number of hydrogen-bond donors (Lipinski definition) is 1. The van der Waals surface area contributed by atoms with Gasteiger partial charge in [-0.1, -0.05) is 0 Å². The van der Waals surface area contributed by atoms with E-state index < -0.39 is 0 Å². The minimum atomic E-state index is 0.161. The van der Waals surface area contributed by atoms with Crippen molar-refractivity contribution >= 4 is 16.9 Å². The number of nitrogens with zero attached hydrogens (tertiary/aromatic N) is 6. The number of anilines is 1. The lowest BCUT2D eigenvalue weighted by Crippen LogP contribution is -2.23. The van der Waals surface area contributed by atoms with Crippen molar-refractivity contribution in [3.8, 4) is 0 Å². The van der Waals surface area contributed by atoms with Crippen LogP contribution >= 0.6 is 0 Å². The molecule has 0 amide bonds. The fourth-order valence-corrected chi connectivity index (χ4v) is 2.07. The quantitative estimate of drug-likeness (QED) is 0.771. The van der Waals surface area contributed by atoms with Crippen LogP contribution in [-0.2, 0) is 6.54 Å². The van der Waals surface area contributed by atoms with Crippen molar-refractivity contribution in [2.75, 3.05) is 5.32 Å². The topological polar surface area (TPSA) is 81.4 Å². The number of aryl methyl sites for hydroxylation is 1. The normalized spacial score (nSPS) is 12.5. The highest BCUT2D eigenvalue weighted by Gasteiger charge is 2.10. The summed E-state index contributed by atoms with van der Waals surface area (Å²) in [6, 6.07) is 4.01. The second-order valence-corrected chi connectivity index (χ2v) is 4.66. The van der Waals surface area contributed by atoms with Crippen molar-refractivity contribution in [3.05, 3.63) is 36.8 Å². The number of hydrogen-bond acceptors (Lipinski definition) is 6. The Labute approximate surface area is 116 Å². The van der Waals surface area contributed by atoms with E-state index in [1.165, 1.54) is 6.33 Å². The summed E-state index contributed by atoms with van der Waals surface area (Å²) in [5.74, 6) is 1.50. The van der Waals surface area contributed by atoms with E-state index in [0.29, 0.717) is 18.0 Å². The van der Waals surface area contributed by atoms with Crippen LogP contribution in [0.4, 0.5) is 5.82 Å². The lowest BCUT2D eigenvalue weighted by Gasteiger charge is -2.15. The lowest BCUT2D eigenvalue weighted by atomic mass is 10.2. The molecule has 1 atom stereocenters. The molecule has 0 aliphatic rings. The third kappa shape index (κ3) is 2.56. The predicted octanol–water partition coefficient (Wildman–Crippen LogP) is 1.43. The molecule has 1 N–H and O–H groups in total. The third-order valence-electron chi connectivity index (χ3n) is 2.89. The molecule has 0 aromatic carbocycles. The summed E-state index contributed by atoms with van der Waals surface area (Å²) >= 11 is 0. The smallest absolute Gasteiger partial charge is 0.164 e. The van der Waals surface area contributed by atoms with E-state index in [1.54, 1.807) is 17.2 Å². The maximum Gasteiger partial charge on any atom is 0.164 e. The molecule has 7 nitrogen and oxygen atoms in total. The zero-order valence-corrected chi connectivity index (χ0v) is 11.4. The highest BCUT2D eigenvalue weighted by Crippen LogP contribution is 2.18. The van der Waals surface area contributed by atoms with E-state index >= 15 is 0 Å². The van der Waals surface area contributed by atoms with Gasteiger partial charge in [0.25, 0.3) is 0 Å². The Morgan fingerprint density at radius 3 is 3.05 bits per heavy atom. The van der Waals surface area contributed by atoms with Crippen molar-refractivity contribution in [1.29, 1.82) is 0 Å². The zero-order valence-electron chi connectivity index (χ0n) is 11.4. The Morgan fingerprint density at radius 2 is 2.25 bits per heavy atom. The Bertz CT molecular complexity index is 708. The fraction of sp³-hybridized carbons (Fsp3) is 0.308. The monoisotopic (exact) mass is 269 g/mol. The van der Waals surface area contributed by atoms with Crippen LogP contribution in [0.5, 0.6) is 0 Å². The molecular weight excluding hydrogens is 254 g/mol. The number of rotatable bonds is 4. The van der Waals surface area contributed by atoms with Gasteiger partial charge in [0.2, 0.25) is 0 Å². The summed E-state index contributed by atoms with van der Waals surface area (Å²) in [6.07, 6.45) is 4.96. The van der Waals surface area contributed by atoms with Crippen molar-refractivity contribution in [2.45, 2.75) is 26.4 Å². The van der Waals surface area contributed by atoms with Crippen LogP contribution in [0.1, 0.15) is 12.7 Å². The van der Waals surface area contributed by atoms with Crippen molar-refractivity contribution in [3.63, 3.8) is 0 Å². The van der Waals surface area contributed by atoms with Crippen LogP contribution in [0.15, 0.2) is 31.0 Å². The molecule has 102 valence electrons. The van der Waals surface area contributed by atoms with E-state index in [9.17, 15) is 0 Å². The van der Waals surface area contributed by atoms with Crippen LogP contribution in [0.2, 0.25) is 0 Å². The van der Waals surface area contributed by atoms with Gasteiger partial charge in [-0.25, -0.2) is 19.9 Å². The first-order chi connectivity index (χ1) is 9.72. The van der Waals surface area contributed by atoms with Gasteiger partial charge in [-0.2, -0.15) is 5.10 Å². The van der Waals surface area contributed by atoms with Gasteiger partial charge in [0.15, 0.2) is 5.65 Å². The summed E-state index contributed by atoms with van der Waals surface area (Å²) in [6.45, 7) is 4.65. The van der Waals surface area contributed by atoms with Gasteiger partial charge in [-0.3, -0.25) is 4.68 Å². The minimum absolute atomic E-state index is 0.161. The fourth-order valence-electron chi connectivity index (χ4n) is 2.07. The molecule has 0 saturated carbocycles. The first kappa shape index (κ1) is 12.5. The van der Waals surface area contributed by atoms with Crippen LogP contribution in [0, 0.1) is 6.92 Å². The Balaban J connectivity index is 1.86. The molecule has 20 heavy (non-hydrogen) atoms. The van der Waals surface area contributed by atoms with E-state index in [2.05, 4.69) is 37.3 Å². The standard InChI is InChI=1S/C13H15N7/c1-9(6-20-8-14-7-16-20)17-13-11-4-3-5-15-12(11)18-10(2)19-13/h3-5,7-9H,6H2,1-2H3,(H,15,17,18,19)/t9-/m1/s1. The summed E-state index contributed by atoms with van der Waals surface area (Å²) in [4.78, 5) is 17.0. The van der Waals surface area contributed by atoms with Gasteiger partial charge in [0, 0.05) is 12.2 Å². The summed E-state index contributed by atoms with van der Waals surface area (Å²) in [5.41, 5.74) is 0.704. The minimum Gasteiger partial charge on any atom is -0.365 e. The molecule has 0 bridgehead atoms. The molecule has 0 unspecified atom stereocenters. The highest BCUT2D eigenvalue weighted by atomic mass is 15.3. The van der Waals surface area contributed by atoms with E-state index in [-0.39, 0.29) is 6.04 Å². The van der Waals surface area contributed by atoms with E-state index in [4.69, 9.17) is 0 Å². The number of aromatic nitrogens is 6. The molecule has 7 heteroatoms. The Kier molecular flexibility index (Phi) is 3.24. The van der Waals surface area contributed by atoms with E-state index in [1.807, 2.05) is 19.1 Å².